The van der Waals surface area contributed by atoms with E-state index in [-0.39, 0.29) is 11.8 Å². The van der Waals surface area contributed by atoms with Crippen LogP contribution < -0.4 is 14.4 Å². The number of ether oxygens (including phenoxy) is 2. The molecule has 0 aliphatic rings. The second kappa shape index (κ2) is 8.73. The number of benzene rings is 1. The van der Waals surface area contributed by atoms with Gasteiger partial charge in [-0.2, -0.15) is 18.2 Å². The molecular formula is C18H22F3N3O2. The van der Waals surface area contributed by atoms with Crippen molar-refractivity contribution in [3.8, 4) is 11.8 Å². The minimum Gasteiger partial charge on any atom is -0.494 e. The van der Waals surface area contributed by atoms with Crippen molar-refractivity contribution in [3.63, 3.8) is 0 Å². The molecule has 0 aliphatic heterocycles. The number of unbranched alkanes of at least 4 members (excludes halogenated alkanes) is 2. The van der Waals surface area contributed by atoms with Crippen LogP contribution in [0.2, 0.25) is 0 Å². The normalized spacial score (nSPS) is 11.3. The Kier molecular flexibility index (Phi) is 6.65. The van der Waals surface area contributed by atoms with E-state index in [0.29, 0.717) is 18.0 Å². The molecule has 0 amide bonds. The highest BCUT2D eigenvalue weighted by Crippen LogP contribution is 2.37. The van der Waals surface area contributed by atoms with Gasteiger partial charge in [0.2, 0.25) is 0 Å². The first kappa shape index (κ1) is 19.8. The van der Waals surface area contributed by atoms with Crippen LogP contribution in [0.1, 0.15) is 31.7 Å². The maximum atomic E-state index is 13.3. The minimum absolute atomic E-state index is 0.129. The molecule has 8 heteroatoms. The van der Waals surface area contributed by atoms with E-state index >= 15 is 0 Å². The lowest BCUT2D eigenvalue weighted by molar-refractivity contribution is -0.137. The second-order valence-electron chi connectivity index (χ2n) is 5.70. The van der Waals surface area contributed by atoms with Crippen molar-refractivity contribution < 1.29 is 22.6 Å². The van der Waals surface area contributed by atoms with Gasteiger partial charge in [0.15, 0.2) is 5.82 Å². The van der Waals surface area contributed by atoms with Gasteiger partial charge in [0.25, 0.3) is 0 Å². The summed E-state index contributed by atoms with van der Waals surface area (Å²) >= 11 is 0. The molecule has 0 fully saturated rings. The van der Waals surface area contributed by atoms with Crippen molar-refractivity contribution >= 4 is 11.5 Å². The van der Waals surface area contributed by atoms with Gasteiger partial charge in [0, 0.05) is 18.9 Å². The summed E-state index contributed by atoms with van der Waals surface area (Å²) < 4.78 is 50.3. The fourth-order valence-electron chi connectivity index (χ4n) is 2.34. The summed E-state index contributed by atoms with van der Waals surface area (Å²) in [4.78, 5) is 8.77. The van der Waals surface area contributed by atoms with Crippen LogP contribution in [-0.4, -0.2) is 30.7 Å². The van der Waals surface area contributed by atoms with Crippen LogP contribution >= 0.6 is 0 Å². The topological polar surface area (TPSA) is 47.5 Å². The number of methoxy groups -OCH3 is 1. The molecule has 0 unspecified atom stereocenters. The van der Waals surface area contributed by atoms with Gasteiger partial charge < -0.3 is 14.4 Å². The zero-order valence-electron chi connectivity index (χ0n) is 15.0. The number of anilines is 2. The monoisotopic (exact) mass is 369 g/mol. The molecule has 0 saturated carbocycles. The Hall–Kier alpha value is -2.51. The average molecular weight is 369 g/mol. The van der Waals surface area contributed by atoms with Gasteiger partial charge in [0.05, 0.1) is 13.7 Å². The van der Waals surface area contributed by atoms with Gasteiger partial charge >= 0.3 is 12.2 Å². The average Bonchev–Trinajstić information content (AvgIpc) is 2.64. The molecular weight excluding hydrogens is 347 g/mol. The summed E-state index contributed by atoms with van der Waals surface area (Å²) in [6.07, 6.45) is -0.678. The Morgan fingerprint density at radius 2 is 1.81 bits per heavy atom. The molecule has 0 radical (unpaired) electrons. The number of aromatic nitrogens is 2. The summed E-state index contributed by atoms with van der Waals surface area (Å²) in [5, 5.41) is 0. The fourth-order valence-corrected chi connectivity index (χ4v) is 2.34. The van der Waals surface area contributed by atoms with Crippen LogP contribution in [0.5, 0.6) is 11.8 Å². The Bertz CT molecular complexity index is 706. The molecule has 142 valence electrons. The van der Waals surface area contributed by atoms with Crippen molar-refractivity contribution in [1.82, 2.24) is 9.97 Å². The largest absolute Gasteiger partial charge is 0.494 e. The van der Waals surface area contributed by atoms with Crippen LogP contribution in [-0.2, 0) is 6.18 Å². The number of hydrogen-bond donors (Lipinski definition) is 0. The van der Waals surface area contributed by atoms with Crippen molar-refractivity contribution in [1.29, 1.82) is 0 Å². The maximum absolute atomic E-state index is 13.3. The molecule has 0 bridgehead atoms. The van der Waals surface area contributed by atoms with Gasteiger partial charge in [0.1, 0.15) is 11.3 Å². The van der Waals surface area contributed by atoms with Crippen LogP contribution in [0.3, 0.4) is 0 Å². The molecule has 26 heavy (non-hydrogen) atoms. The molecule has 1 heterocycles. The quantitative estimate of drug-likeness (QED) is 0.623. The van der Waals surface area contributed by atoms with E-state index in [4.69, 9.17) is 9.47 Å². The van der Waals surface area contributed by atoms with Crippen LogP contribution in [0.25, 0.3) is 0 Å². The van der Waals surface area contributed by atoms with E-state index in [1.807, 2.05) is 0 Å². The first-order chi connectivity index (χ1) is 12.4. The molecule has 0 spiro atoms. The third-order valence-electron chi connectivity index (χ3n) is 3.79. The second-order valence-corrected chi connectivity index (χ2v) is 5.70. The summed E-state index contributed by atoms with van der Waals surface area (Å²) in [6.45, 7) is 2.73. The lowest BCUT2D eigenvalue weighted by Crippen LogP contribution is -2.19. The van der Waals surface area contributed by atoms with E-state index in [0.717, 1.165) is 25.5 Å². The van der Waals surface area contributed by atoms with Crippen LogP contribution in [0, 0.1) is 0 Å². The van der Waals surface area contributed by atoms with E-state index in [2.05, 4.69) is 16.9 Å². The standard InChI is InChI=1S/C18H22F3N3O2/c1-4-5-6-11-26-14-9-7-13(8-10-14)24(2)16-15(18(19,20)21)12-22-17(23-16)25-3/h7-10,12H,4-6,11H2,1-3H3. The predicted molar refractivity (Wildman–Crippen MR) is 93.1 cm³/mol. The van der Waals surface area contributed by atoms with Gasteiger partial charge in [-0.05, 0) is 30.7 Å². The summed E-state index contributed by atoms with van der Waals surface area (Å²) in [7, 11) is 2.81. The first-order valence-electron chi connectivity index (χ1n) is 8.31. The lowest BCUT2D eigenvalue weighted by atomic mass is 10.2. The van der Waals surface area contributed by atoms with Crippen molar-refractivity contribution in [2.45, 2.75) is 32.4 Å². The van der Waals surface area contributed by atoms with Gasteiger partial charge in [-0.15, -0.1) is 0 Å². The number of hydrogen-bond acceptors (Lipinski definition) is 5. The molecule has 1 aromatic carbocycles. The molecule has 0 saturated heterocycles. The first-order valence-corrected chi connectivity index (χ1v) is 8.31. The summed E-state index contributed by atoms with van der Waals surface area (Å²) in [5.74, 6) is 0.399. The number of rotatable bonds is 8. The van der Waals surface area contributed by atoms with E-state index in [1.54, 1.807) is 24.3 Å². The minimum atomic E-state index is -4.57. The lowest BCUT2D eigenvalue weighted by Gasteiger charge is -2.22. The number of halogens is 3. The van der Waals surface area contributed by atoms with Crippen LogP contribution in [0.4, 0.5) is 24.7 Å². The van der Waals surface area contributed by atoms with Crippen molar-refractivity contribution in [3.05, 3.63) is 36.0 Å². The zero-order chi connectivity index (χ0) is 19.2. The van der Waals surface area contributed by atoms with Crippen LogP contribution in [0.15, 0.2) is 30.5 Å². The Morgan fingerprint density at radius 1 is 1.12 bits per heavy atom. The molecule has 2 rings (SSSR count). The Labute approximate surface area is 150 Å². The SMILES string of the molecule is CCCCCOc1ccc(N(C)c2nc(OC)ncc2C(F)(F)F)cc1. The third kappa shape index (κ3) is 5.00. The van der Waals surface area contributed by atoms with Crippen molar-refractivity contribution in [2.75, 3.05) is 25.7 Å². The van der Waals surface area contributed by atoms with E-state index in [1.165, 1.54) is 19.1 Å². The van der Waals surface area contributed by atoms with Gasteiger partial charge in [-0.3, -0.25) is 0 Å². The van der Waals surface area contributed by atoms with Crippen molar-refractivity contribution in [2.24, 2.45) is 0 Å². The van der Waals surface area contributed by atoms with Gasteiger partial charge in [-0.25, -0.2) is 4.98 Å². The third-order valence-corrected chi connectivity index (χ3v) is 3.79. The molecule has 2 aromatic rings. The van der Waals surface area contributed by atoms with Gasteiger partial charge in [-0.1, -0.05) is 19.8 Å². The molecule has 0 N–H and O–H groups in total. The highest BCUT2D eigenvalue weighted by atomic mass is 19.4. The zero-order valence-corrected chi connectivity index (χ0v) is 15.0. The maximum Gasteiger partial charge on any atom is 0.421 e. The summed E-state index contributed by atoms with van der Waals surface area (Å²) in [6, 6.07) is 6.69. The predicted octanol–water partition coefficient (Wildman–Crippen LogP) is 4.84. The molecule has 0 aliphatic carbocycles. The highest BCUT2D eigenvalue weighted by molar-refractivity contribution is 5.63. The molecule has 5 nitrogen and oxygen atoms in total. The fraction of sp³-hybridized carbons (Fsp3) is 0.444. The Balaban J connectivity index is 2.21. The molecule has 1 aromatic heterocycles. The smallest absolute Gasteiger partial charge is 0.421 e. The molecule has 0 atom stereocenters. The number of alkyl halides is 3. The number of nitrogens with zero attached hydrogens (tertiary/aromatic N) is 3. The Morgan fingerprint density at radius 3 is 2.38 bits per heavy atom. The highest BCUT2D eigenvalue weighted by Gasteiger charge is 2.36. The van der Waals surface area contributed by atoms with E-state index in [9.17, 15) is 13.2 Å². The summed E-state index contributed by atoms with van der Waals surface area (Å²) in [5.41, 5.74) is -0.391. The van der Waals surface area contributed by atoms with E-state index < -0.39 is 11.7 Å².